The molecule has 2 aliphatic rings. The second-order valence-electron chi connectivity index (χ2n) is 8.49. The summed E-state index contributed by atoms with van der Waals surface area (Å²) < 4.78 is 11.7. The minimum absolute atomic E-state index is 0. The topological polar surface area (TPSA) is 111 Å². The number of halogens is 1. The number of piperidine rings is 1. The van der Waals surface area contributed by atoms with Crippen LogP contribution in [0.3, 0.4) is 0 Å². The van der Waals surface area contributed by atoms with E-state index in [9.17, 15) is 20.4 Å². The summed E-state index contributed by atoms with van der Waals surface area (Å²) in [4.78, 5) is 0. The Labute approximate surface area is 199 Å². The average molecular weight is 480 g/mol. The van der Waals surface area contributed by atoms with Crippen LogP contribution in [0.25, 0.3) is 0 Å². The first-order valence-electron chi connectivity index (χ1n) is 11.0. The molecule has 5 atom stereocenters. The summed E-state index contributed by atoms with van der Waals surface area (Å²) in [5.74, 6) is 0.849. The van der Waals surface area contributed by atoms with Gasteiger partial charge >= 0.3 is 0 Å². The molecular formula is C25H34ClNO6. The zero-order valence-corrected chi connectivity index (χ0v) is 18.5. The van der Waals surface area contributed by atoms with Gasteiger partial charge in [-0.05, 0) is 67.2 Å². The number of rotatable bonds is 6. The van der Waals surface area contributed by atoms with Crippen LogP contribution in [-0.2, 0) is 11.2 Å². The third-order valence-electron chi connectivity index (χ3n) is 6.20. The maximum atomic E-state index is 10.4. The molecule has 2 aliphatic heterocycles. The fourth-order valence-electron chi connectivity index (χ4n) is 4.30. The van der Waals surface area contributed by atoms with Crippen LogP contribution in [0.4, 0.5) is 0 Å². The Morgan fingerprint density at radius 2 is 1.67 bits per heavy atom. The van der Waals surface area contributed by atoms with Crippen molar-refractivity contribution in [1.29, 1.82) is 0 Å². The first kappa shape index (κ1) is 25.9. The first-order chi connectivity index (χ1) is 15.5. The van der Waals surface area contributed by atoms with Gasteiger partial charge in [-0.15, -0.1) is 0 Å². The van der Waals surface area contributed by atoms with E-state index in [0.29, 0.717) is 17.0 Å². The van der Waals surface area contributed by atoms with E-state index in [-0.39, 0.29) is 13.5 Å². The molecule has 2 saturated heterocycles. The second kappa shape index (κ2) is 11.6. The molecule has 0 radical (unpaired) electrons. The lowest BCUT2D eigenvalue weighted by atomic mass is 9.90. The van der Waals surface area contributed by atoms with Crippen molar-refractivity contribution in [3.05, 3.63) is 64.2 Å². The van der Waals surface area contributed by atoms with Crippen LogP contribution in [0.5, 0.6) is 5.75 Å². The van der Waals surface area contributed by atoms with E-state index in [2.05, 4.69) is 5.32 Å². The predicted molar refractivity (Wildman–Crippen MR) is 127 cm³/mol. The summed E-state index contributed by atoms with van der Waals surface area (Å²) in [5, 5.41) is 43.9. The molecule has 0 saturated carbocycles. The van der Waals surface area contributed by atoms with E-state index in [1.165, 1.54) is 0 Å². The Bertz CT molecular complexity index is 887. The van der Waals surface area contributed by atoms with Gasteiger partial charge in [-0.25, -0.2) is 0 Å². The van der Waals surface area contributed by atoms with Gasteiger partial charge in [0.1, 0.15) is 42.4 Å². The van der Waals surface area contributed by atoms with Crippen molar-refractivity contribution in [3.8, 4) is 5.75 Å². The van der Waals surface area contributed by atoms with Crippen molar-refractivity contribution in [2.75, 3.05) is 19.7 Å². The number of benzene rings is 2. The quantitative estimate of drug-likeness (QED) is 0.432. The van der Waals surface area contributed by atoms with Gasteiger partial charge in [0.25, 0.3) is 0 Å². The predicted octanol–water partition coefficient (Wildman–Crippen LogP) is 2.21. The largest absolute Gasteiger partial charge is 0.490 e. The summed E-state index contributed by atoms with van der Waals surface area (Å²) in [6.07, 6.45) is -3.16. The fourth-order valence-corrected chi connectivity index (χ4v) is 4.48. The lowest BCUT2D eigenvalue weighted by molar-refractivity contribution is -0.231. The number of hydrogen-bond acceptors (Lipinski definition) is 7. The van der Waals surface area contributed by atoms with E-state index in [1.807, 2.05) is 30.3 Å². The lowest BCUT2D eigenvalue weighted by Gasteiger charge is -2.40. The summed E-state index contributed by atoms with van der Waals surface area (Å²) in [6, 6.07) is 13.2. The molecule has 182 valence electrons. The van der Waals surface area contributed by atoms with Crippen molar-refractivity contribution in [2.24, 2.45) is 0 Å². The highest BCUT2D eigenvalue weighted by atomic mass is 35.5. The van der Waals surface area contributed by atoms with Gasteiger partial charge in [-0.1, -0.05) is 43.3 Å². The summed E-state index contributed by atoms with van der Waals surface area (Å²) in [7, 11) is 0. The van der Waals surface area contributed by atoms with E-state index in [0.717, 1.165) is 42.8 Å². The molecule has 2 heterocycles. The molecule has 2 aromatic carbocycles. The minimum Gasteiger partial charge on any atom is -0.490 e. The third-order valence-corrected chi connectivity index (χ3v) is 6.57. The lowest BCUT2D eigenvalue weighted by Crippen LogP contribution is -2.55. The fraction of sp³-hybridized carbons (Fsp3) is 0.520. The Hall–Kier alpha value is -1.71. The van der Waals surface area contributed by atoms with E-state index in [4.69, 9.17) is 21.1 Å². The molecule has 2 fully saturated rings. The minimum atomic E-state index is -1.42. The number of aliphatic hydroxyl groups excluding tert-OH is 4. The van der Waals surface area contributed by atoms with E-state index < -0.39 is 37.1 Å². The molecular weight excluding hydrogens is 446 g/mol. The Morgan fingerprint density at radius 3 is 2.33 bits per heavy atom. The number of hydrogen-bond donors (Lipinski definition) is 5. The van der Waals surface area contributed by atoms with Crippen molar-refractivity contribution in [3.63, 3.8) is 0 Å². The molecule has 5 N–H and O–H groups in total. The molecule has 4 rings (SSSR count). The number of nitrogens with one attached hydrogen (secondary N) is 1. The maximum absolute atomic E-state index is 10.4. The third kappa shape index (κ3) is 6.05. The Kier molecular flexibility index (Phi) is 9.12. The van der Waals surface area contributed by atoms with Crippen molar-refractivity contribution in [2.45, 2.75) is 63.3 Å². The Morgan fingerprint density at radius 1 is 0.970 bits per heavy atom. The van der Waals surface area contributed by atoms with Crippen molar-refractivity contribution < 1.29 is 29.9 Å². The first-order valence-corrected chi connectivity index (χ1v) is 11.4. The van der Waals surface area contributed by atoms with Gasteiger partial charge in [-0.3, -0.25) is 0 Å². The SMILES string of the molecule is C.OC[C@H]1O[C@@H](c2ccc(Cl)c(Cc3ccc(OC4CCNCC4)cc3)c2)[C@H](O)[C@@H](O)[C@@H]1O. The zero-order valence-electron chi connectivity index (χ0n) is 17.7. The molecule has 2 aromatic rings. The molecule has 0 spiro atoms. The molecule has 0 aliphatic carbocycles. The van der Waals surface area contributed by atoms with Gasteiger partial charge in [0.05, 0.1) is 6.61 Å². The summed E-state index contributed by atoms with van der Waals surface area (Å²) >= 11 is 6.43. The van der Waals surface area contributed by atoms with Crippen molar-refractivity contribution in [1.82, 2.24) is 5.32 Å². The van der Waals surface area contributed by atoms with Crippen LogP contribution in [-0.4, -0.2) is 70.6 Å². The highest BCUT2D eigenvalue weighted by molar-refractivity contribution is 6.31. The molecule has 8 heteroatoms. The Balaban J connectivity index is 0.00000306. The molecule has 0 amide bonds. The van der Waals surface area contributed by atoms with Crippen LogP contribution in [0.15, 0.2) is 42.5 Å². The van der Waals surface area contributed by atoms with Crippen LogP contribution in [0.2, 0.25) is 5.02 Å². The molecule has 0 aromatic heterocycles. The van der Waals surface area contributed by atoms with Crippen molar-refractivity contribution >= 4 is 11.6 Å². The molecule has 33 heavy (non-hydrogen) atoms. The smallest absolute Gasteiger partial charge is 0.119 e. The van der Waals surface area contributed by atoms with Crippen LogP contribution >= 0.6 is 11.6 Å². The van der Waals surface area contributed by atoms with Gasteiger partial charge in [0, 0.05) is 5.02 Å². The van der Waals surface area contributed by atoms with Crippen LogP contribution in [0, 0.1) is 0 Å². The monoisotopic (exact) mass is 479 g/mol. The van der Waals surface area contributed by atoms with Crippen LogP contribution in [0.1, 0.15) is 43.1 Å². The van der Waals surface area contributed by atoms with Gasteiger partial charge in [0.2, 0.25) is 0 Å². The second-order valence-corrected chi connectivity index (χ2v) is 8.90. The summed E-state index contributed by atoms with van der Waals surface area (Å²) in [6.45, 7) is 1.49. The zero-order chi connectivity index (χ0) is 22.7. The average Bonchev–Trinajstić information content (AvgIpc) is 2.81. The summed E-state index contributed by atoms with van der Waals surface area (Å²) in [5.41, 5.74) is 2.51. The van der Waals surface area contributed by atoms with Crippen LogP contribution < -0.4 is 10.1 Å². The normalized spacial score (nSPS) is 28.2. The number of ether oxygens (including phenoxy) is 2. The van der Waals surface area contributed by atoms with Gasteiger partial charge in [-0.2, -0.15) is 0 Å². The van der Waals surface area contributed by atoms with E-state index >= 15 is 0 Å². The number of aliphatic hydroxyl groups is 4. The van der Waals surface area contributed by atoms with Gasteiger partial charge in [0.15, 0.2) is 0 Å². The van der Waals surface area contributed by atoms with Gasteiger partial charge < -0.3 is 35.2 Å². The molecule has 0 bridgehead atoms. The standard InChI is InChI=1S/C24H30ClNO6.CH4/c25-19-6-3-15(24-23(30)22(29)21(28)20(13-27)32-24)12-16(19)11-14-1-4-17(5-2-14)31-18-7-9-26-10-8-18;/h1-6,12,18,20-24,26-30H,7-11,13H2;1H4/t20-,21-,22+,23-,24+;/m1./s1. The van der Waals surface area contributed by atoms with E-state index in [1.54, 1.807) is 12.1 Å². The molecule has 0 unspecified atom stereocenters. The molecule has 7 nitrogen and oxygen atoms in total. The highest BCUT2D eigenvalue weighted by Gasteiger charge is 2.44. The maximum Gasteiger partial charge on any atom is 0.119 e. The highest BCUT2D eigenvalue weighted by Crippen LogP contribution is 2.34.